The van der Waals surface area contributed by atoms with Crippen molar-refractivity contribution in [3.05, 3.63) is 44.7 Å². The maximum Gasteiger partial charge on any atom is 0.209 e. The standard InChI is InChI=1S/C15H14Cl2FN3S/c1-15(2)7-13-20-22-14(21(13)8-15)19-12-5-9(3-4-16)10(17)6-11(12)18/h3-6H,7-8H2,1-2H3. The zero-order chi connectivity index (χ0) is 15.9. The molecule has 0 saturated carbocycles. The smallest absolute Gasteiger partial charge is 0.209 e. The molecular weight excluding hydrogens is 344 g/mol. The van der Waals surface area contributed by atoms with Crippen molar-refractivity contribution < 1.29 is 4.39 Å². The highest BCUT2D eigenvalue weighted by Gasteiger charge is 2.30. The van der Waals surface area contributed by atoms with Gasteiger partial charge in [-0.25, -0.2) is 9.38 Å². The van der Waals surface area contributed by atoms with Gasteiger partial charge in [-0.05, 0) is 29.2 Å². The molecule has 0 atom stereocenters. The zero-order valence-electron chi connectivity index (χ0n) is 12.1. The van der Waals surface area contributed by atoms with Gasteiger partial charge in [0.2, 0.25) is 4.80 Å². The summed E-state index contributed by atoms with van der Waals surface area (Å²) in [6.07, 6.45) is 2.51. The van der Waals surface area contributed by atoms with Gasteiger partial charge in [0.1, 0.15) is 17.3 Å². The predicted molar refractivity (Wildman–Crippen MR) is 89.1 cm³/mol. The van der Waals surface area contributed by atoms with Crippen LogP contribution in [-0.2, 0) is 13.0 Å². The summed E-state index contributed by atoms with van der Waals surface area (Å²) in [5.41, 5.74) is 2.36. The summed E-state index contributed by atoms with van der Waals surface area (Å²) in [5, 5.41) is 0.302. The number of halogens is 3. The summed E-state index contributed by atoms with van der Waals surface area (Å²) in [4.78, 5) is 5.13. The number of hydrogen-bond donors (Lipinski definition) is 0. The molecule has 22 heavy (non-hydrogen) atoms. The van der Waals surface area contributed by atoms with Crippen molar-refractivity contribution in [2.45, 2.75) is 26.8 Å². The number of aromatic nitrogens is 2. The largest absolute Gasteiger partial charge is 0.303 e. The molecule has 0 bridgehead atoms. The number of nitrogens with zero attached hydrogens (tertiary/aromatic N) is 3. The molecule has 3 rings (SSSR count). The molecule has 1 aromatic heterocycles. The van der Waals surface area contributed by atoms with Gasteiger partial charge < -0.3 is 4.57 Å². The van der Waals surface area contributed by atoms with Crippen LogP contribution >= 0.6 is 34.7 Å². The van der Waals surface area contributed by atoms with E-state index in [-0.39, 0.29) is 11.1 Å². The zero-order valence-corrected chi connectivity index (χ0v) is 14.4. The fraction of sp³-hybridized carbons (Fsp3) is 0.333. The van der Waals surface area contributed by atoms with Gasteiger partial charge in [0.25, 0.3) is 0 Å². The molecule has 1 aliphatic rings. The molecule has 0 spiro atoms. The van der Waals surface area contributed by atoms with E-state index in [1.807, 2.05) is 0 Å². The summed E-state index contributed by atoms with van der Waals surface area (Å²) in [6, 6.07) is 2.84. The van der Waals surface area contributed by atoms with Crippen LogP contribution < -0.4 is 4.80 Å². The van der Waals surface area contributed by atoms with Crippen molar-refractivity contribution in [1.82, 2.24) is 8.94 Å². The Morgan fingerprint density at radius 3 is 2.95 bits per heavy atom. The Morgan fingerprint density at radius 2 is 2.23 bits per heavy atom. The minimum atomic E-state index is -0.461. The molecule has 1 aliphatic heterocycles. The van der Waals surface area contributed by atoms with Crippen molar-refractivity contribution in [2.75, 3.05) is 0 Å². The van der Waals surface area contributed by atoms with Crippen molar-refractivity contribution in [1.29, 1.82) is 0 Å². The van der Waals surface area contributed by atoms with Crippen molar-refractivity contribution in [2.24, 2.45) is 10.4 Å². The SMILES string of the molecule is CC1(C)Cc2nsc(=Nc3cc(C=CCl)c(Cl)cc3F)n2C1. The maximum atomic E-state index is 14.1. The molecule has 0 unspecified atom stereocenters. The van der Waals surface area contributed by atoms with E-state index in [0.29, 0.717) is 15.4 Å². The second-order valence-corrected chi connectivity index (χ2v) is 7.43. The highest BCUT2D eigenvalue weighted by Crippen LogP contribution is 2.30. The second kappa shape index (κ2) is 5.80. The normalized spacial score (nSPS) is 17.4. The van der Waals surface area contributed by atoms with Crippen molar-refractivity contribution in [3.8, 4) is 0 Å². The molecule has 1 aromatic carbocycles. The lowest BCUT2D eigenvalue weighted by Gasteiger charge is -2.14. The molecule has 0 radical (unpaired) electrons. The first-order valence-corrected chi connectivity index (χ1v) is 8.34. The Kier molecular flexibility index (Phi) is 4.14. The summed E-state index contributed by atoms with van der Waals surface area (Å²) in [7, 11) is 0. The van der Waals surface area contributed by atoms with Gasteiger partial charge in [0.15, 0.2) is 0 Å². The van der Waals surface area contributed by atoms with Crippen LogP contribution in [-0.4, -0.2) is 8.94 Å². The third kappa shape index (κ3) is 2.98. The van der Waals surface area contributed by atoms with Crippen LogP contribution in [0, 0.1) is 11.2 Å². The third-order valence-corrected chi connectivity index (χ3v) is 4.75. The van der Waals surface area contributed by atoms with E-state index in [1.165, 1.54) is 23.1 Å². The van der Waals surface area contributed by atoms with E-state index >= 15 is 0 Å². The van der Waals surface area contributed by atoms with Gasteiger partial charge in [-0.1, -0.05) is 37.0 Å². The Labute approximate surface area is 141 Å². The first kappa shape index (κ1) is 15.7. The Hall–Kier alpha value is -1.17. The van der Waals surface area contributed by atoms with Gasteiger partial charge in [0.05, 0.1) is 5.02 Å². The first-order chi connectivity index (χ1) is 10.4. The van der Waals surface area contributed by atoms with E-state index in [1.54, 1.807) is 12.1 Å². The second-order valence-electron chi connectivity index (χ2n) is 6.04. The highest BCUT2D eigenvalue weighted by molar-refractivity contribution is 7.02. The van der Waals surface area contributed by atoms with Crippen LogP contribution in [0.1, 0.15) is 25.2 Å². The Balaban J connectivity index is 2.10. The van der Waals surface area contributed by atoms with Crippen LogP contribution in [0.3, 0.4) is 0 Å². The van der Waals surface area contributed by atoms with Gasteiger partial charge in [-0.3, -0.25) is 0 Å². The number of hydrogen-bond acceptors (Lipinski definition) is 3. The van der Waals surface area contributed by atoms with Gasteiger partial charge in [-0.15, -0.1) is 0 Å². The molecule has 0 amide bonds. The van der Waals surface area contributed by atoms with Crippen molar-refractivity contribution in [3.63, 3.8) is 0 Å². The topological polar surface area (TPSA) is 30.2 Å². The summed E-state index contributed by atoms with van der Waals surface area (Å²) >= 11 is 12.8. The fourth-order valence-electron chi connectivity index (χ4n) is 2.52. The maximum absolute atomic E-state index is 14.1. The first-order valence-electron chi connectivity index (χ1n) is 6.75. The van der Waals surface area contributed by atoms with Gasteiger partial charge in [-0.2, -0.15) is 4.37 Å². The van der Waals surface area contributed by atoms with Crippen LogP contribution in [0.4, 0.5) is 10.1 Å². The van der Waals surface area contributed by atoms with E-state index in [0.717, 1.165) is 18.8 Å². The van der Waals surface area contributed by atoms with E-state index in [9.17, 15) is 4.39 Å². The minimum Gasteiger partial charge on any atom is -0.303 e. The van der Waals surface area contributed by atoms with Gasteiger partial charge >= 0.3 is 0 Å². The average Bonchev–Trinajstić information content (AvgIpc) is 2.92. The lowest BCUT2D eigenvalue weighted by Crippen LogP contribution is -2.19. The third-order valence-electron chi connectivity index (χ3n) is 3.52. The number of benzene rings is 1. The Morgan fingerprint density at radius 1 is 1.45 bits per heavy atom. The lowest BCUT2D eigenvalue weighted by atomic mass is 9.92. The lowest BCUT2D eigenvalue weighted by molar-refractivity contribution is 0.356. The van der Waals surface area contributed by atoms with E-state index < -0.39 is 5.82 Å². The molecule has 2 aromatic rings. The molecular formula is C15H14Cl2FN3S. The molecule has 3 nitrogen and oxygen atoms in total. The summed E-state index contributed by atoms with van der Waals surface area (Å²) in [5.74, 6) is 0.542. The number of fused-ring (bicyclic) bond motifs is 1. The molecule has 0 saturated heterocycles. The molecule has 2 heterocycles. The molecule has 7 heteroatoms. The number of rotatable bonds is 2. The quantitative estimate of drug-likeness (QED) is 0.761. The van der Waals surface area contributed by atoms with Crippen LogP contribution in [0.15, 0.2) is 22.7 Å². The minimum absolute atomic E-state index is 0.158. The molecule has 116 valence electrons. The molecule has 0 fully saturated rings. The predicted octanol–water partition coefficient (Wildman–Crippen LogP) is 4.76. The van der Waals surface area contributed by atoms with E-state index in [2.05, 4.69) is 27.8 Å². The fourth-order valence-corrected chi connectivity index (χ4v) is 3.63. The van der Waals surface area contributed by atoms with Crippen LogP contribution in [0.2, 0.25) is 5.02 Å². The van der Waals surface area contributed by atoms with Crippen molar-refractivity contribution >= 4 is 46.5 Å². The molecule has 0 N–H and O–H groups in total. The summed E-state index contributed by atoms with van der Waals surface area (Å²) in [6.45, 7) is 5.20. The van der Waals surface area contributed by atoms with Gasteiger partial charge in [0, 0.05) is 30.0 Å². The molecule has 0 aliphatic carbocycles. The monoisotopic (exact) mass is 357 g/mol. The average molecular weight is 358 g/mol. The van der Waals surface area contributed by atoms with Crippen LogP contribution in [0.5, 0.6) is 0 Å². The summed E-state index contributed by atoms with van der Waals surface area (Å²) < 4.78 is 20.6. The van der Waals surface area contributed by atoms with E-state index in [4.69, 9.17) is 23.2 Å². The Bertz CT molecular complexity index is 821. The highest BCUT2D eigenvalue weighted by atomic mass is 35.5. The van der Waals surface area contributed by atoms with Crippen LogP contribution in [0.25, 0.3) is 6.08 Å².